The van der Waals surface area contributed by atoms with Crippen molar-refractivity contribution in [2.45, 2.75) is 18.7 Å². The molecule has 0 fully saturated rings. The van der Waals surface area contributed by atoms with E-state index in [1.807, 2.05) is 49.4 Å². The second-order valence-corrected chi connectivity index (χ2v) is 11.0. The van der Waals surface area contributed by atoms with Crippen molar-refractivity contribution in [3.8, 4) is 0 Å². The molecule has 0 saturated heterocycles. The van der Waals surface area contributed by atoms with Gasteiger partial charge in [-0.1, -0.05) is 65.7 Å². The predicted molar refractivity (Wildman–Crippen MR) is 141 cm³/mol. The number of methoxy groups -OCH3 is 1. The lowest BCUT2D eigenvalue weighted by atomic mass is 9.99. The lowest BCUT2D eigenvalue weighted by Crippen LogP contribution is -2.42. The lowest BCUT2D eigenvalue weighted by Gasteiger charge is -2.23. The van der Waals surface area contributed by atoms with Gasteiger partial charge in [-0.2, -0.15) is 0 Å². The van der Waals surface area contributed by atoms with Gasteiger partial charge in [0.15, 0.2) is 0 Å². The smallest absolute Gasteiger partial charge is 0.363 e. The summed E-state index contributed by atoms with van der Waals surface area (Å²) in [6, 6.07) is 15.8. The van der Waals surface area contributed by atoms with Gasteiger partial charge >= 0.3 is 13.6 Å². The first-order valence-electron chi connectivity index (χ1n) is 10.9. The van der Waals surface area contributed by atoms with Gasteiger partial charge in [-0.25, -0.2) is 4.79 Å². The Balaban J connectivity index is 1.85. The van der Waals surface area contributed by atoms with Crippen LogP contribution in [0.15, 0.2) is 54.6 Å². The molecule has 2 N–H and O–H groups in total. The van der Waals surface area contributed by atoms with Crippen molar-refractivity contribution in [1.82, 2.24) is 10.6 Å². The number of rotatable bonds is 9. The minimum absolute atomic E-state index is 0.114. The number of ether oxygens (including phenoxy) is 1. The molecule has 0 heterocycles. The van der Waals surface area contributed by atoms with Gasteiger partial charge in [-0.15, -0.1) is 0 Å². The molecule has 0 aliphatic heterocycles. The van der Waals surface area contributed by atoms with Gasteiger partial charge in [0, 0.05) is 19.8 Å². The summed E-state index contributed by atoms with van der Waals surface area (Å²) in [5, 5.41) is 6.86. The maximum atomic E-state index is 13.0. The highest BCUT2D eigenvalue weighted by molar-refractivity contribution is 7.55. The molecule has 3 aromatic carbocycles. The van der Waals surface area contributed by atoms with Crippen molar-refractivity contribution in [2.24, 2.45) is 0 Å². The summed E-state index contributed by atoms with van der Waals surface area (Å²) in [6.45, 7) is 1.85. The Bertz CT molecular complexity index is 1360. The quantitative estimate of drug-likeness (QED) is 0.264. The van der Waals surface area contributed by atoms with Crippen molar-refractivity contribution < 1.29 is 32.7 Å². The zero-order chi connectivity index (χ0) is 27.3. The fourth-order valence-electron chi connectivity index (χ4n) is 3.77. The van der Waals surface area contributed by atoms with E-state index in [0.717, 1.165) is 37.7 Å². The minimum Gasteiger partial charge on any atom is -0.467 e. The number of hydrogen-bond donors (Lipinski definition) is 2. The normalized spacial score (nSPS) is 13.0. The molecule has 9 nitrogen and oxygen atoms in total. The van der Waals surface area contributed by atoms with Crippen LogP contribution in [-0.4, -0.2) is 44.9 Å². The zero-order valence-electron chi connectivity index (χ0n) is 20.4. The van der Waals surface area contributed by atoms with E-state index in [1.54, 1.807) is 0 Å². The van der Waals surface area contributed by atoms with Gasteiger partial charge in [0.1, 0.15) is 0 Å². The van der Waals surface area contributed by atoms with Gasteiger partial charge in [0.05, 0.1) is 28.8 Å². The summed E-state index contributed by atoms with van der Waals surface area (Å²) in [4.78, 5) is 38.1. The molecule has 0 aliphatic carbocycles. The molecule has 12 heteroatoms. The van der Waals surface area contributed by atoms with E-state index in [4.69, 9.17) is 32.2 Å². The van der Waals surface area contributed by atoms with Crippen LogP contribution >= 0.6 is 30.8 Å². The number of halogens is 2. The maximum Gasteiger partial charge on any atom is 0.363 e. The van der Waals surface area contributed by atoms with Crippen LogP contribution in [0.25, 0.3) is 10.8 Å². The molecule has 0 bridgehead atoms. The Morgan fingerprint density at radius 1 is 0.865 bits per heavy atom. The first-order valence-corrected chi connectivity index (χ1v) is 13.3. The average Bonchev–Trinajstić information content (AvgIpc) is 2.89. The van der Waals surface area contributed by atoms with Crippen LogP contribution in [0.2, 0.25) is 10.0 Å². The SMILES string of the molecule is COC(=O)C(NC(=O)c1c(Cl)cc(C(=O)N[C@H](C)c2cccc3ccccc23)cc1Cl)P(=O)(OC)OC. The van der Waals surface area contributed by atoms with Crippen LogP contribution < -0.4 is 10.6 Å². The van der Waals surface area contributed by atoms with Gasteiger partial charge in [0.25, 0.3) is 11.8 Å². The van der Waals surface area contributed by atoms with Crippen LogP contribution in [0, 0.1) is 0 Å². The van der Waals surface area contributed by atoms with Crippen LogP contribution in [-0.2, 0) is 23.1 Å². The van der Waals surface area contributed by atoms with E-state index < -0.39 is 31.2 Å². The summed E-state index contributed by atoms with van der Waals surface area (Å²) in [5.74, 6) is -4.26. The first kappa shape index (κ1) is 28.6. The van der Waals surface area contributed by atoms with E-state index in [-0.39, 0.29) is 27.2 Å². The van der Waals surface area contributed by atoms with Crippen LogP contribution in [0.4, 0.5) is 0 Å². The Morgan fingerprint density at radius 3 is 2.05 bits per heavy atom. The summed E-state index contributed by atoms with van der Waals surface area (Å²) < 4.78 is 27.0. The highest BCUT2D eigenvalue weighted by Crippen LogP contribution is 2.51. The second-order valence-electron chi connectivity index (χ2n) is 7.88. The van der Waals surface area contributed by atoms with E-state index in [0.29, 0.717) is 0 Å². The van der Waals surface area contributed by atoms with Gasteiger partial charge < -0.3 is 24.4 Å². The molecule has 37 heavy (non-hydrogen) atoms. The highest BCUT2D eigenvalue weighted by atomic mass is 35.5. The lowest BCUT2D eigenvalue weighted by molar-refractivity contribution is -0.141. The van der Waals surface area contributed by atoms with Crippen molar-refractivity contribution >= 4 is 59.4 Å². The molecule has 0 spiro atoms. The number of esters is 1. The Morgan fingerprint density at radius 2 is 1.46 bits per heavy atom. The minimum atomic E-state index is -4.11. The fourth-order valence-corrected chi connectivity index (χ4v) is 5.64. The van der Waals surface area contributed by atoms with Gasteiger partial charge in [0.2, 0.25) is 5.78 Å². The third-order valence-electron chi connectivity index (χ3n) is 5.69. The molecule has 2 amide bonds. The number of carbonyl (C=O) groups is 3. The zero-order valence-corrected chi connectivity index (χ0v) is 22.8. The monoisotopic (exact) mass is 566 g/mol. The van der Waals surface area contributed by atoms with Crippen molar-refractivity contribution in [3.05, 3.63) is 81.3 Å². The van der Waals surface area contributed by atoms with E-state index in [2.05, 4.69) is 15.4 Å². The summed E-state index contributed by atoms with van der Waals surface area (Å²) in [6.07, 6.45) is 0. The standard InChI is InChI=1S/C25H25Cl2N2O7P/c1-14(17-11-7-9-15-8-5-6-10-18(15)17)28-22(30)16-12-19(26)21(20(27)13-16)23(31)29-24(25(32)34-2)37(33,35-3)36-4/h5-14,24H,1-4H3,(H,28,30)(H,29,31)/t14-,24?/m1/s1. The number of benzene rings is 3. The number of hydrogen-bond acceptors (Lipinski definition) is 7. The Kier molecular flexibility index (Phi) is 9.34. The largest absolute Gasteiger partial charge is 0.467 e. The van der Waals surface area contributed by atoms with Crippen molar-refractivity contribution in [1.29, 1.82) is 0 Å². The molecule has 2 atom stereocenters. The molecule has 3 aromatic rings. The fraction of sp³-hybridized carbons (Fsp3) is 0.240. The summed E-state index contributed by atoms with van der Waals surface area (Å²) >= 11 is 12.6. The third-order valence-corrected chi connectivity index (χ3v) is 8.27. The van der Waals surface area contributed by atoms with Gasteiger partial charge in [-0.3, -0.25) is 14.2 Å². The van der Waals surface area contributed by atoms with E-state index >= 15 is 0 Å². The molecule has 0 aliphatic rings. The van der Waals surface area contributed by atoms with Crippen molar-refractivity contribution in [2.75, 3.05) is 21.3 Å². The summed E-state index contributed by atoms with van der Waals surface area (Å²) in [5.41, 5.74) is 0.798. The molecule has 0 saturated carbocycles. The molecular weight excluding hydrogens is 542 g/mol. The van der Waals surface area contributed by atoms with E-state index in [1.165, 1.54) is 12.1 Å². The van der Waals surface area contributed by atoms with Crippen LogP contribution in [0.1, 0.15) is 39.2 Å². The molecule has 0 radical (unpaired) electrons. The molecule has 0 aromatic heterocycles. The highest BCUT2D eigenvalue weighted by Gasteiger charge is 2.43. The number of nitrogens with one attached hydrogen (secondary N) is 2. The molecular formula is C25H25Cl2N2O7P. The number of carbonyl (C=O) groups excluding carboxylic acids is 3. The average molecular weight is 567 g/mol. The maximum absolute atomic E-state index is 13.0. The van der Waals surface area contributed by atoms with E-state index in [9.17, 15) is 18.9 Å². The third kappa shape index (κ3) is 6.14. The van der Waals surface area contributed by atoms with Crippen molar-refractivity contribution in [3.63, 3.8) is 0 Å². The Labute approximate surface area is 223 Å². The number of amides is 2. The summed E-state index contributed by atoms with van der Waals surface area (Å²) in [7, 11) is -0.959. The predicted octanol–water partition coefficient (Wildman–Crippen LogP) is 5.35. The van der Waals surface area contributed by atoms with Gasteiger partial charge in [-0.05, 0) is 35.4 Å². The molecule has 1 unspecified atom stereocenters. The van der Waals surface area contributed by atoms with Crippen LogP contribution in [0.3, 0.4) is 0 Å². The number of fused-ring (bicyclic) bond motifs is 1. The topological polar surface area (TPSA) is 120 Å². The molecule has 196 valence electrons. The second kappa shape index (κ2) is 12.1. The molecule has 3 rings (SSSR count). The Hall–Kier alpha value is -2.94. The first-order chi connectivity index (χ1) is 17.6. The van der Waals surface area contributed by atoms with Crippen LogP contribution in [0.5, 0.6) is 0 Å².